The van der Waals surface area contributed by atoms with Gasteiger partial charge < -0.3 is 14.8 Å². The number of benzene rings is 1. The molecule has 3 heterocycles. The Hall–Kier alpha value is -2.73. The highest BCUT2D eigenvalue weighted by Crippen LogP contribution is 2.42. The number of hydrogen-bond acceptors (Lipinski definition) is 2. The first-order chi connectivity index (χ1) is 13.1. The van der Waals surface area contributed by atoms with Crippen LogP contribution in [0.2, 0.25) is 0 Å². The van der Waals surface area contributed by atoms with Crippen LogP contribution in [0.25, 0.3) is 0 Å². The normalized spacial score (nSPS) is 19.6. The van der Waals surface area contributed by atoms with Gasteiger partial charge in [0.2, 0.25) is 0 Å². The summed E-state index contributed by atoms with van der Waals surface area (Å²) in [7, 11) is 0. The summed E-state index contributed by atoms with van der Waals surface area (Å²) in [5.74, 6) is -0.295. The molecule has 2 aromatic heterocycles. The van der Waals surface area contributed by atoms with Crippen molar-refractivity contribution in [2.75, 3.05) is 4.90 Å². The molecule has 0 bridgehead atoms. The van der Waals surface area contributed by atoms with Crippen LogP contribution in [0.3, 0.4) is 0 Å². The number of thiocarbonyl (C=S) groups is 1. The lowest BCUT2D eigenvalue weighted by atomic mass is 10.0. The molecule has 0 spiro atoms. The summed E-state index contributed by atoms with van der Waals surface area (Å²) < 4.78 is 16.9. The zero-order valence-electron chi connectivity index (χ0n) is 15.2. The lowest BCUT2D eigenvalue weighted by Crippen LogP contribution is -2.31. The number of rotatable bonds is 4. The summed E-state index contributed by atoms with van der Waals surface area (Å²) in [4.78, 5) is 6.40. The molecular weight excluding hydrogens is 359 g/mol. The molecule has 0 aliphatic carbocycles. The Labute approximate surface area is 163 Å². The maximum Gasteiger partial charge on any atom is 0.174 e. The van der Waals surface area contributed by atoms with E-state index in [2.05, 4.69) is 41.0 Å². The second-order valence-electron chi connectivity index (χ2n) is 6.88. The maximum absolute atomic E-state index is 14.7. The monoisotopic (exact) mass is 380 g/mol. The first-order valence-corrected chi connectivity index (χ1v) is 9.40. The Bertz CT molecular complexity index is 954. The van der Waals surface area contributed by atoms with Gasteiger partial charge in [-0.1, -0.05) is 18.2 Å². The summed E-state index contributed by atoms with van der Waals surface area (Å²) in [6, 6.07) is 16.5. The molecule has 138 valence electrons. The van der Waals surface area contributed by atoms with Crippen LogP contribution in [0.1, 0.15) is 43.4 Å². The Morgan fingerprint density at radius 1 is 1.07 bits per heavy atom. The summed E-state index contributed by atoms with van der Waals surface area (Å²) in [5.41, 5.74) is 2.41. The molecular formula is C21H21FN4S. The highest BCUT2D eigenvalue weighted by Gasteiger charge is 2.42. The largest absolute Gasteiger partial charge is 0.351 e. The Morgan fingerprint density at radius 2 is 1.85 bits per heavy atom. The molecule has 0 amide bonds. The zero-order valence-corrected chi connectivity index (χ0v) is 16.0. The predicted octanol–water partition coefficient (Wildman–Crippen LogP) is 4.78. The molecule has 4 rings (SSSR count). The fourth-order valence-electron chi connectivity index (χ4n) is 3.69. The number of para-hydroxylation sites is 1. The minimum absolute atomic E-state index is 0.175. The molecule has 1 saturated heterocycles. The Morgan fingerprint density at radius 3 is 2.56 bits per heavy atom. The lowest BCUT2D eigenvalue weighted by Gasteiger charge is -2.30. The van der Waals surface area contributed by atoms with Crippen LogP contribution < -0.4 is 10.2 Å². The maximum atomic E-state index is 14.7. The summed E-state index contributed by atoms with van der Waals surface area (Å²) in [6.07, 6.45) is 3.82. The van der Waals surface area contributed by atoms with Crippen molar-refractivity contribution in [3.05, 3.63) is 84.2 Å². The fourth-order valence-corrected chi connectivity index (χ4v) is 4.03. The van der Waals surface area contributed by atoms with Gasteiger partial charge in [-0.2, -0.15) is 0 Å². The van der Waals surface area contributed by atoms with Crippen molar-refractivity contribution in [3.8, 4) is 0 Å². The van der Waals surface area contributed by atoms with Crippen molar-refractivity contribution in [1.29, 1.82) is 0 Å². The van der Waals surface area contributed by atoms with Crippen LogP contribution in [0.4, 0.5) is 10.1 Å². The van der Waals surface area contributed by atoms with Gasteiger partial charge in [0.15, 0.2) is 5.11 Å². The number of nitrogens with zero attached hydrogens (tertiary/aromatic N) is 3. The van der Waals surface area contributed by atoms with E-state index >= 15 is 0 Å². The second kappa shape index (κ2) is 7.12. The Kier molecular flexibility index (Phi) is 4.66. The van der Waals surface area contributed by atoms with E-state index in [0.717, 1.165) is 11.4 Å². The van der Waals surface area contributed by atoms with Crippen LogP contribution >= 0.6 is 12.2 Å². The van der Waals surface area contributed by atoms with E-state index in [-0.39, 0.29) is 23.9 Å². The van der Waals surface area contributed by atoms with E-state index in [1.165, 1.54) is 6.07 Å². The summed E-state index contributed by atoms with van der Waals surface area (Å²) in [6.45, 7) is 4.26. The van der Waals surface area contributed by atoms with Crippen LogP contribution in [-0.2, 0) is 0 Å². The first-order valence-electron chi connectivity index (χ1n) is 9.00. The van der Waals surface area contributed by atoms with E-state index in [4.69, 9.17) is 12.2 Å². The van der Waals surface area contributed by atoms with Crippen LogP contribution in [-0.4, -0.2) is 14.7 Å². The van der Waals surface area contributed by atoms with Crippen molar-refractivity contribution < 1.29 is 4.39 Å². The van der Waals surface area contributed by atoms with Crippen LogP contribution in [0.15, 0.2) is 67.0 Å². The van der Waals surface area contributed by atoms with Gasteiger partial charge in [0.1, 0.15) is 11.9 Å². The molecule has 4 nitrogen and oxygen atoms in total. The minimum atomic E-state index is -0.295. The molecule has 1 aromatic carbocycles. The smallest absolute Gasteiger partial charge is 0.174 e. The molecule has 0 unspecified atom stereocenters. The third-order valence-corrected chi connectivity index (χ3v) is 5.20. The van der Waals surface area contributed by atoms with Crippen molar-refractivity contribution in [2.24, 2.45) is 0 Å². The van der Waals surface area contributed by atoms with Gasteiger partial charge in [0.05, 0.1) is 17.4 Å². The third-order valence-electron chi connectivity index (χ3n) is 4.88. The number of halogens is 1. The number of aromatic nitrogens is 2. The Balaban J connectivity index is 1.88. The van der Waals surface area contributed by atoms with Gasteiger partial charge in [-0.15, -0.1) is 0 Å². The SMILES string of the molecule is CC(C)n1cccc1[C@@H]1[C@H](c2ccccn2)NC(=S)N1c1ccccc1F. The molecule has 2 atom stereocenters. The van der Waals surface area contributed by atoms with Crippen molar-refractivity contribution >= 4 is 23.0 Å². The number of hydrogen-bond donors (Lipinski definition) is 1. The summed E-state index contributed by atoms with van der Waals surface area (Å²) >= 11 is 5.63. The van der Waals surface area contributed by atoms with E-state index < -0.39 is 0 Å². The van der Waals surface area contributed by atoms with Gasteiger partial charge in [0, 0.05) is 24.1 Å². The quantitative estimate of drug-likeness (QED) is 0.661. The van der Waals surface area contributed by atoms with Gasteiger partial charge >= 0.3 is 0 Å². The van der Waals surface area contributed by atoms with Crippen molar-refractivity contribution in [3.63, 3.8) is 0 Å². The van der Waals surface area contributed by atoms with Crippen molar-refractivity contribution in [2.45, 2.75) is 32.0 Å². The molecule has 1 aliphatic heterocycles. The average Bonchev–Trinajstić information content (AvgIpc) is 3.27. The molecule has 0 saturated carbocycles. The molecule has 1 fully saturated rings. The zero-order chi connectivity index (χ0) is 19.0. The highest BCUT2D eigenvalue weighted by molar-refractivity contribution is 7.80. The van der Waals surface area contributed by atoms with Gasteiger partial charge in [-0.3, -0.25) is 4.98 Å². The molecule has 1 aliphatic rings. The first kappa shape index (κ1) is 17.7. The predicted molar refractivity (Wildman–Crippen MR) is 109 cm³/mol. The van der Waals surface area contributed by atoms with Crippen LogP contribution in [0.5, 0.6) is 0 Å². The van der Waals surface area contributed by atoms with Gasteiger partial charge in [-0.05, 0) is 62.5 Å². The number of nitrogens with one attached hydrogen (secondary N) is 1. The van der Waals surface area contributed by atoms with Gasteiger partial charge in [-0.25, -0.2) is 4.39 Å². The van der Waals surface area contributed by atoms with E-state index in [1.807, 2.05) is 35.2 Å². The molecule has 3 aromatic rings. The fraction of sp³-hybridized carbons (Fsp3) is 0.238. The standard InChI is InChI=1S/C21H21FN4S/c1-14(2)25-13-7-11-18(25)20-19(16-9-5-6-12-23-16)24-21(27)26(20)17-10-4-3-8-15(17)22/h3-14,19-20H,1-2H3,(H,24,27)/t19-,20+/m0/s1. The van der Waals surface area contributed by atoms with E-state index in [1.54, 1.807) is 18.3 Å². The highest BCUT2D eigenvalue weighted by atomic mass is 32.1. The number of anilines is 1. The van der Waals surface area contributed by atoms with E-state index in [9.17, 15) is 4.39 Å². The lowest BCUT2D eigenvalue weighted by molar-refractivity contribution is 0.494. The van der Waals surface area contributed by atoms with E-state index in [0.29, 0.717) is 10.8 Å². The summed E-state index contributed by atoms with van der Waals surface area (Å²) in [5, 5.41) is 3.86. The minimum Gasteiger partial charge on any atom is -0.351 e. The molecule has 0 radical (unpaired) electrons. The second-order valence-corrected chi connectivity index (χ2v) is 7.27. The van der Waals surface area contributed by atoms with Gasteiger partial charge in [0.25, 0.3) is 0 Å². The molecule has 6 heteroatoms. The molecule has 1 N–H and O–H groups in total. The topological polar surface area (TPSA) is 33.1 Å². The van der Waals surface area contributed by atoms with Crippen LogP contribution in [0, 0.1) is 5.82 Å². The third kappa shape index (κ3) is 3.10. The average molecular weight is 380 g/mol. The molecule has 27 heavy (non-hydrogen) atoms. The van der Waals surface area contributed by atoms with Crippen molar-refractivity contribution in [1.82, 2.24) is 14.9 Å². The number of pyridine rings is 1.